The number of para-hydroxylation sites is 1. The number of rotatable bonds is 7. The molecule has 3 aromatic rings. The molecule has 1 saturated carbocycles. The largest absolute Gasteiger partial charge is 0.497 e. The Kier molecular flexibility index (Phi) is 6.74. The molecule has 166 valence electrons. The fraction of sp³-hybridized carbons (Fsp3) is 0.348. The average molecular weight is 435 g/mol. The van der Waals surface area contributed by atoms with E-state index in [4.69, 9.17) is 4.74 Å². The van der Waals surface area contributed by atoms with E-state index >= 15 is 0 Å². The van der Waals surface area contributed by atoms with Crippen molar-refractivity contribution in [2.75, 3.05) is 12.4 Å². The summed E-state index contributed by atoms with van der Waals surface area (Å²) in [4.78, 5) is 26.3. The SMILES string of the molecule is COc1ccc(C(=O)Nc2ccccc2-c2nnn(CC(=O)NC3CCCCC3)n2)cc1. The van der Waals surface area contributed by atoms with Crippen LogP contribution in [0.4, 0.5) is 5.69 Å². The third-order valence-electron chi connectivity index (χ3n) is 5.48. The molecule has 1 aliphatic carbocycles. The summed E-state index contributed by atoms with van der Waals surface area (Å²) in [6, 6.07) is 14.3. The van der Waals surface area contributed by atoms with Gasteiger partial charge in [-0.05, 0) is 54.5 Å². The van der Waals surface area contributed by atoms with Gasteiger partial charge in [0.05, 0.1) is 12.8 Å². The Labute approximate surface area is 186 Å². The van der Waals surface area contributed by atoms with E-state index in [-0.39, 0.29) is 24.4 Å². The smallest absolute Gasteiger partial charge is 0.255 e. The molecule has 0 atom stereocenters. The van der Waals surface area contributed by atoms with E-state index in [1.165, 1.54) is 11.2 Å². The summed E-state index contributed by atoms with van der Waals surface area (Å²) in [7, 11) is 1.57. The molecule has 0 bridgehead atoms. The zero-order chi connectivity index (χ0) is 22.3. The van der Waals surface area contributed by atoms with Crippen LogP contribution in [0.25, 0.3) is 11.4 Å². The fourth-order valence-electron chi connectivity index (χ4n) is 3.79. The third kappa shape index (κ3) is 5.29. The number of nitrogens with zero attached hydrogens (tertiary/aromatic N) is 4. The number of hydrogen-bond acceptors (Lipinski definition) is 6. The van der Waals surface area contributed by atoms with Crippen molar-refractivity contribution >= 4 is 17.5 Å². The van der Waals surface area contributed by atoms with Crippen molar-refractivity contribution < 1.29 is 14.3 Å². The number of hydrogen-bond donors (Lipinski definition) is 2. The van der Waals surface area contributed by atoms with Crippen LogP contribution in [0.3, 0.4) is 0 Å². The minimum Gasteiger partial charge on any atom is -0.497 e. The van der Waals surface area contributed by atoms with Crippen molar-refractivity contribution in [3.63, 3.8) is 0 Å². The molecule has 4 rings (SSSR count). The minimum absolute atomic E-state index is 0.00384. The van der Waals surface area contributed by atoms with Gasteiger partial charge in [0.25, 0.3) is 5.91 Å². The number of amides is 2. The molecular weight excluding hydrogens is 408 g/mol. The standard InChI is InChI=1S/C23H26N6O3/c1-32-18-13-11-16(12-14-18)23(31)25-20-10-6-5-9-19(20)22-26-28-29(27-22)15-21(30)24-17-7-3-2-4-8-17/h5-6,9-14,17H,2-4,7-8,15H2,1H3,(H,24,30)(H,25,31). The molecule has 9 nitrogen and oxygen atoms in total. The van der Waals surface area contributed by atoms with Crippen LogP contribution in [0, 0.1) is 0 Å². The number of benzene rings is 2. The van der Waals surface area contributed by atoms with Gasteiger partial charge in [0, 0.05) is 17.2 Å². The number of nitrogens with one attached hydrogen (secondary N) is 2. The molecule has 1 aliphatic rings. The van der Waals surface area contributed by atoms with E-state index in [2.05, 4.69) is 26.0 Å². The van der Waals surface area contributed by atoms with Gasteiger partial charge in [0.1, 0.15) is 12.3 Å². The highest BCUT2D eigenvalue weighted by molar-refractivity contribution is 6.06. The Balaban J connectivity index is 1.43. The maximum absolute atomic E-state index is 12.7. The first-order valence-corrected chi connectivity index (χ1v) is 10.7. The lowest BCUT2D eigenvalue weighted by molar-refractivity contribution is -0.123. The molecule has 2 N–H and O–H groups in total. The summed E-state index contributed by atoms with van der Waals surface area (Å²) in [6.45, 7) is 0.00384. The maximum atomic E-state index is 12.7. The minimum atomic E-state index is -0.264. The fourth-order valence-corrected chi connectivity index (χ4v) is 3.79. The molecule has 1 aromatic heterocycles. The molecule has 0 unspecified atom stereocenters. The van der Waals surface area contributed by atoms with Crippen molar-refractivity contribution in [3.8, 4) is 17.1 Å². The number of carbonyl (C=O) groups excluding carboxylic acids is 2. The van der Waals surface area contributed by atoms with E-state index in [0.29, 0.717) is 28.4 Å². The number of anilines is 1. The summed E-state index contributed by atoms with van der Waals surface area (Å²) >= 11 is 0. The molecule has 1 heterocycles. The van der Waals surface area contributed by atoms with Crippen LogP contribution >= 0.6 is 0 Å². The van der Waals surface area contributed by atoms with Crippen LogP contribution in [0.1, 0.15) is 42.5 Å². The van der Waals surface area contributed by atoms with E-state index in [1.807, 2.05) is 12.1 Å². The number of ether oxygens (including phenoxy) is 1. The highest BCUT2D eigenvalue weighted by atomic mass is 16.5. The normalized spacial score (nSPS) is 14.0. The summed E-state index contributed by atoms with van der Waals surface area (Å²) in [5, 5.41) is 18.4. The molecule has 0 saturated heterocycles. The van der Waals surface area contributed by atoms with Crippen molar-refractivity contribution in [3.05, 3.63) is 54.1 Å². The summed E-state index contributed by atoms with van der Waals surface area (Å²) in [5.74, 6) is 0.623. The monoisotopic (exact) mass is 434 g/mol. The lowest BCUT2D eigenvalue weighted by Gasteiger charge is -2.22. The lowest BCUT2D eigenvalue weighted by atomic mass is 9.95. The number of aromatic nitrogens is 4. The first-order chi connectivity index (χ1) is 15.6. The van der Waals surface area contributed by atoms with Gasteiger partial charge in [-0.1, -0.05) is 31.4 Å². The van der Waals surface area contributed by atoms with E-state index < -0.39 is 0 Å². The number of carbonyl (C=O) groups is 2. The van der Waals surface area contributed by atoms with Gasteiger partial charge in [-0.15, -0.1) is 10.2 Å². The molecule has 0 aliphatic heterocycles. The molecule has 32 heavy (non-hydrogen) atoms. The van der Waals surface area contributed by atoms with Crippen molar-refractivity contribution in [1.29, 1.82) is 0 Å². The molecular formula is C23H26N6O3. The molecule has 1 fully saturated rings. The molecule has 0 spiro atoms. The average Bonchev–Trinajstić information content (AvgIpc) is 3.28. The molecule has 0 radical (unpaired) electrons. The number of tetrazole rings is 1. The van der Waals surface area contributed by atoms with Gasteiger partial charge < -0.3 is 15.4 Å². The first-order valence-electron chi connectivity index (χ1n) is 10.7. The van der Waals surface area contributed by atoms with Crippen LogP contribution < -0.4 is 15.4 Å². The second-order valence-corrected chi connectivity index (χ2v) is 7.77. The van der Waals surface area contributed by atoms with Gasteiger partial charge in [-0.25, -0.2) is 0 Å². The second-order valence-electron chi connectivity index (χ2n) is 7.77. The topological polar surface area (TPSA) is 111 Å². The lowest BCUT2D eigenvalue weighted by Crippen LogP contribution is -2.38. The molecule has 9 heteroatoms. The van der Waals surface area contributed by atoms with Crippen molar-refractivity contribution in [1.82, 2.24) is 25.5 Å². The van der Waals surface area contributed by atoms with Crippen LogP contribution in [0.15, 0.2) is 48.5 Å². The zero-order valence-electron chi connectivity index (χ0n) is 18.0. The van der Waals surface area contributed by atoms with Crippen LogP contribution in [-0.4, -0.2) is 45.2 Å². The third-order valence-corrected chi connectivity index (χ3v) is 5.48. The summed E-state index contributed by atoms with van der Waals surface area (Å²) in [5.41, 5.74) is 1.67. The van der Waals surface area contributed by atoms with E-state index in [9.17, 15) is 9.59 Å². The molecule has 2 amide bonds. The Hall–Kier alpha value is -3.75. The predicted octanol–water partition coefficient (Wildman–Crippen LogP) is 3.05. The Morgan fingerprint density at radius 3 is 2.56 bits per heavy atom. The van der Waals surface area contributed by atoms with Gasteiger partial charge in [0.15, 0.2) is 0 Å². The number of methoxy groups -OCH3 is 1. The van der Waals surface area contributed by atoms with Crippen LogP contribution in [-0.2, 0) is 11.3 Å². The summed E-state index contributed by atoms with van der Waals surface area (Å²) < 4.78 is 5.13. The first kappa shape index (κ1) is 21.5. The Morgan fingerprint density at radius 2 is 1.81 bits per heavy atom. The predicted molar refractivity (Wildman–Crippen MR) is 119 cm³/mol. The van der Waals surface area contributed by atoms with Gasteiger partial charge in [-0.2, -0.15) is 4.80 Å². The highest BCUT2D eigenvalue weighted by Crippen LogP contribution is 2.25. The van der Waals surface area contributed by atoms with Gasteiger partial charge in [0.2, 0.25) is 11.7 Å². The van der Waals surface area contributed by atoms with Gasteiger partial charge >= 0.3 is 0 Å². The van der Waals surface area contributed by atoms with Crippen LogP contribution in [0.5, 0.6) is 5.75 Å². The van der Waals surface area contributed by atoms with Crippen LogP contribution in [0.2, 0.25) is 0 Å². The maximum Gasteiger partial charge on any atom is 0.255 e. The van der Waals surface area contributed by atoms with E-state index in [1.54, 1.807) is 43.5 Å². The van der Waals surface area contributed by atoms with Crippen molar-refractivity contribution in [2.45, 2.75) is 44.7 Å². The quantitative estimate of drug-likeness (QED) is 0.591. The Morgan fingerprint density at radius 1 is 1.06 bits per heavy atom. The second kappa shape index (κ2) is 10.0. The Bertz CT molecular complexity index is 1070. The van der Waals surface area contributed by atoms with E-state index in [0.717, 1.165) is 25.7 Å². The van der Waals surface area contributed by atoms with Crippen molar-refractivity contribution in [2.24, 2.45) is 0 Å². The molecule has 2 aromatic carbocycles. The summed E-state index contributed by atoms with van der Waals surface area (Å²) in [6.07, 6.45) is 5.56. The van der Waals surface area contributed by atoms with Gasteiger partial charge in [-0.3, -0.25) is 9.59 Å². The zero-order valence-corrected chi connectivity index (χ0v) is 18.0. The highest BCUT2D eigenvalue weighted by Gasteiger charge is 2.18.